The van der Waals surface area contributed by atoms with Crippen molar-refractivity contribution in [1.29, 1.82) is 0 Å². The molecule has 21 heavy (non-hydrogen) atoms. The molecule has 1 atom stereocenters. The van der Waals surface area contributed by atoms with E-state index in [0.29, 0.717) is 6.04 Å². The van der Waals surface area contributed by atoms with Crippen LogP contribution in [0.1, 0.15) is 29.9 Å². The number of rotatable bonds is 4. The summed E-state index contributed by atoms with van der Waals surface area (Å²) in [5.74, 6) is 1.61. The number of nitrogens with one attached hydrogen (secondary N) is 2. The van der Waals surface area contributed by atoms with E-state index in [9.17, 15) is 0 Å². The van der Waals surface area contributed by atoms with Crippen molar-refractivity contribution in [3.05, 3.63) is 35.4 Å². The number of aromatic nitrogens is 4. The van der Waals surface area contributed by atoms with Crippen LogP contribution >= 0.6 is 0 Å². The Labute approximate surface area is 125 Å². The third-order valence-electron chi connectivity index (χ3n) is 3.95. The number of pyridine rings is 1. The molecule has 1 unspecified atom stereocenters. The van der Waals surface area contributed by atoms with Gasteiger partial charge >= 0.3 is 0 Å². The summed E-state index contributed by atoms with van der Waals surface area (Å²) < 4.78 is 0. The van der Waals surface area contributed by atoms with Crippen LogP contribution in [0.15, 0.2) is 18.3 Å². The maximum absolute atomic E-state index is 4.49. The maximum Gasteiger partial charge on any atom is 0.244 e. The molecule has 6 heteroatoms. The molecule has 0 fully saturated rings. The molecule has 0 radical (unpaired) electrons. The van der Waals surface area contributed by atoms with Crippen LogP contribution in [-0.4, -0.2) is 40.3 Å². The first-order chi connectivity index (χ1) is 10.2. The highest BCUT2D eigenvalue weighted by Gasteiger charge is 2.16. The molecular formula is C15H22N6. The molecule has 2 aromatic rings. The summed E-state index contributed by atoms with van der Waals surface area (Å²) in [6.07, 6.45) is 6.31. The van der Waals surface area contributed by atoms with Gasteiger partial charge in [-0.3, -0.25) is 10.1 Å². The first-order valence-electron chi connectivity index (χ1n) is 7.47. The molecule has 1 aliphatic carbocycles. The molecule has 2 aromatic heterocycles. The quantitative estimate of drug-likeness (QED) is 0.829. The number of fused-ring (bicyclic) bond motifs is 1. The number of H-pyrrole nitrogens is 1. The Bertz CT molecular complexity index is 564. The van der Waals surface area contributed by atoms with Crippen molar-refractivity contribution in [3.8, 4) is 0 Å². The zero-order valence-corrected chi connectivity index (χ0v) is 12.6. The molecule has 0 aliphatic heterocycles. The summed E-state index contributed by atoms with van der Waals surface area (Å²) in [7, 11) is 3.88. The Morgan fingerprint density at radius 3 is 3.00 bits per heavy atom. The molecule has 0 saturated heterocycles. The van der Waals surface area contributed by atoms with Crippen molar-refractivity contribution in [2.24, 2.45) is 0 Å². The number of hydrogen-bond donors (Lipinski definition) is 2. The predicted molar refractivity (Wildman–Crippen MR) is 82.2 cm³/mol. The average molecular weight is 286 g/mol. The lowest BCUT2D eigenvalue weighted by Gasteiger charge is -2.14. The summed E-state index contributed by atoms with van der Waals surface area (Å²) in [6.45, 7) is 0.731. The van der Waals surface area contributed by atoms with Gasteiger partial charge in [-0.25, -0.2) is 0 Å². The maximum atomic E-state index is 4.49. The molecule has 1 aliphatic rings. The summed E-state index contributed by atoms with van der Waals surface area (Å²) in [6, 6.07) is 4.74. The third-order valence-corrected chi connectivity index (χ3v) is 3.95. The van der Waals surface area contributed by atoms with E-state index in [1.54, 1.807) is 0 Å². The van der Waals surface area contributed by atoms with Crippen LogP contribution in [0.4, 0.5) is 5.95 Å². The lowest BCUT2D eigenvalue weighted by Crippen LogP contribution is -2.29. The first kappa shape index (κ1) is 14.0. The molecule has 0 amide bonds. The first-order valence-corrected chi connectivity index (χ1v) is 7.47. The van der Waals surface area contributed by atoms with E-state index in [1.165, 1.54) is 11.3 Å². The Kier molecular flexibility index (Phi) is 4.15. The van der Waals surface area contributed by atoms with Gasteiger partial charge in [0.15, 0.2) is 0 Å². The Hall–Kier alpha value is -1.95. The fraction of sp³-hybridized carbons (Fsp3) is 0.533. The zero-order valence-electron chi connectivity index (χ0n) is 12.6. The van der Waals surface area contributed by atoms with E-state index in [2.05, 4.69) is 31.5 Å². The van der Waals surface area contributed by atoms with Gasteiger partial charge in [-0.1, -0.05) is 6.07 Å². The summed E-state index contributed by atoms with van der Waals surface area (Å²) in [5, 5.41) is 10.7. The average Bonchev–Trinajstić information content (AvgIpc) is 2.87. The van der Waals surface area contributed by atoms with Crippen molar-refractivity contribution in [3.63, 3.8) is 0 Å². The topological polar surface area (TPSA) is 69.7 Å². The van der Waals surface area contributed by atoms with Gasteiger partial charge in [0.25, 0.3) is 0 Å². The number of anilines is 1. The molecule has 0 spiro atoms. The summed E-state index contributed by atoms with van der Waals surface area (Å²) >= 11 is 0. The van der Waals surface area contributed by atoms with Crippen LogP contribution in [0.2, 0.25) is 0 Å². The molecule has 2 N–H and O–H groups in total. The van der Waals surface area contributed by atoms with Gasteiger partial charge in [0.2, 0.25) is 5.95 Å². The van der Waals surface area contributed by atoms with Crippen LogP contribution in [0.3, 0.4) is 0 Å². The van der Waals surface area contributed by atoms with Crippen LogP contribution in [0.5, 0.6) is 0 Å². The van der Waals surface area contributed by atoms with Crippen molar-refractivity contribution in [2.75, 3.05) is 19.0 Å². The molecule has 0 saturated carbocycles. The van der Waals surface area contributed by atoms with E-state index in [1.807, 2.05) is 31.3 Å². The Morgan fingerprint density at radius 1 is 1.33 bits per heavy atom. The smallest absolute Gasteiger partial charge is 0.244 e. The molecular weight excluding hydrogens is 264 g/mol. The van der Waals surface area contributed by atoms with Gasteiger partial charge in [0.05, 0.1) is 6.54 Å². The van der Waals surface area contributed by atoms with Gasteiger partial charge in [-0.2, -0.15) is 4.98 Å². The minimum Gasteiger partial charge on any atom is -0.346 e. The third kappa shape index (κ3) is 3.39. The number of aromatic amines is 1. The molecule has 3 rings (SSSR count). The fourth-order valence-corrected chi connectivity index (χ4v) is 2.72. The van der Waals surface area contributed by atoms with E-state index in [-0.39, 0.29) is 0 Å². The second-order valence-electron chi connectivity index (χ2n) is 5.74. The highest BCUT2D eigenvalue weighted by atomic mass is 15.3. The normalized spacial score (nSPS) is 18.1. The highest BCUT2D eigenvalue weighted by molar-refractivity contribution is 5.25. The van der Waals surface area contributed by atoms with Gasteiger partial charge < -0.3 is 10.2 Å². The second kappa shape index (κ2) is 6.22. The fourth-order valence-electron chi connectivity index (χ4n) is 2.72. The van der Waals surface area contributed by atoms with Gasteiger partial charge in [0, 0.05) is 32.0 Å². The van der Waals surface area contributed by atoms with E-state index < -0.39 is 0 Å². The second-order valence-corrected chi connectivity index (χ2v) is 5.74. The van der Waals surface area contributed by atoms with E-state index in [4.69, 9.17) is 0 Å². The zero-order chi connectivity index (χ0) is 14.7. The van der Waals surface area contributed by atoms with E-state index in [0.717, 1.165) is 44.0 Å². The van der Waals surface area contributed by atoms with Crippen molar-refractivity contribution in [1.82, 2.24) is 25.5 Å². The number of aryl methyl sites for hydroxylation is 2. The molecule has 2 heterocycles. The molecule has 112 valence electrons. The minimum absolute atomic E-state index is 0.507. The number of hydrogen-bond acceptors (Lipinski definition) is 5. The predicted octanol–water partition coefficient (Wildman–Crippen LogP) is 1.30. The lowest BCUT2D eigenvalue weighted by molar-refractivity contribution is 0.455. The highest BCUT2D eigenvalue weighted by Crippen LogP contribution is 2.18. The van der Waals surface area contributed by atoms with Crippen molar-refractivity contribution < 1.29 is 0 Å². The molecule has 0 aromatic carbocycles. The van der Waals surface area contributed by atoms with Gasteiger partial charge in [0.1, 0.15) is 5.82 Å². The lowest BCUT2D eigenvalue weighted by atomic mass is 10.1. The van der Waals surface area contributed by atoms with E-state index >= 15 is 0 Å². The molecule has 6 nitrogen and oxygen atoms in total. The van der Waals surface area contributed by atoms with Gasteiger partial charge in [-0.05, 0) is 37.3 Å². The van der Waals surface area contributed by atoms with Crippen LogP contribution in [0, 0.1) is 0 Å². The largest absolute Gasteiger partial charge is 0.346 e. The number of nitrogens with zero attached hydrogens (tertiary/aromatic N) is 4. The Balaban J connectivity index is 1.55. The van der Waals surface area contributed by atoms with Crippen LogP contribution in [0.25, 0.3) is 0 Å². The standard InChI is InChI=1S/C15H22N6/c1-21(2)15-18-14(19-20-15)10-17-12-6-5-11-4-3-9-16-13(11)8-7-12/h3-4,9,12,17H,5-8,10H2,1-2H3,(H,18,19,20). The SMILES string of the molecule is CN(C)c1n[nH]c(CNC2CCc3cccnc3CC2)n1. The van der Waals surface area contributed by atoms with Crippen molar-refractivity contribution in [2.45, 2.75) is 38.3 Å². The molecule has 0 bridgehead atoms. The minimum atomic E-state index is 0.507. The van der Waals surface area contributed by atoms with Crippen LogP contribution < -0.4 is 10.2 Å². The van der Waals surface area contributed by atoms with Crippen LogP contribution in [-0.2, 0) is 19.4 Å². The monoisotopic (exact) mass is 286 g/mol. The Morgan fingerprint density at radius 2 is 2.19 bits per heavy atom. The van der Waals surface area contributed by atoms with Crippen molar-refractivity contribution >= 4 is 5.95 Å². The summed E-state index contributed by atoms with van der Waals surface area (Å²) in [5.41, 5.74) is 2.66. The summed E-state index contributed by atoms with van der Waals surface area (Å²) in [4.78, 5) is 10.8. The van der Waals surface area contributed by atoms with Gasteiger partial charge in [-0.15, -0.1) is 5.10 Å².